The summed E-state index contributed by atoms with van der Waals surface area (Å²) >= 11 is 0. The topological polar surface area (TPSA) is 122 Å². The largest absolute Gasteiger partial charge is 0.465 e. The number of carbonyl (C=O) groups is 4. The van der Waals surface area contributed by atoms with Crippen molar-refractivity contribution in [2.45, 2.75) is 38.7 Å². The van der Waals surface area contributed by atoms with Crippen molar-refractivity contribution < 1.29 is 29.0 Å². The van der Waals surface area contributed by atoms with Crippen LogP contribution in [-0.4, -0.2) is 41.9 Å². The highest BCUT2D eigenvalue weighted by Gasteiger charge is 2.30. The van der Waals surface area contributed by atoms with Gasteiger partial charge in [0.2, 0.25) is 0 Å². The van der Waals surface area contributed by atoms with Crippen LogP contribution >= 0.6 is 0 Å². The van der Waals surface area contributed by atoms with Crippen LogP contribution in [0.3, 0.4) is 0 Å². The lowest BCUT2D eigenvalue weighted by Crippen LogP contribution is -2.27. The lowest BCUT2D eigenvalue weighted by molar-refractivity contribution is 0.0976. The molecule has 0 saturated carbocycles. The van der Waals surface area contributed by atoms with Crippen molar-refractivity contribution in [1.29, 1.82) is 0 Å². The number of carboxylic acid groups (broad SMARTS) is 1. The van der Waals surface area contributed by atoms with E-state index in [-0.39, 0.29) is 11.6 Å². The van der Waals surface area contributed by atoms with E-state index in [4.69, 9.17) is 9.84 Å². The number of unbranched alkanes of at least 4 members (excludes halogenated alkanes) is 3. The highest BCUT2D eigenvalue weighted by molar-refractivity contribution is 6.28. The van der Waals surface area contributed by atoms with E-state index in [1.807, 2.05) is 0 Å². The molecule has 2 amide bonds. The minimum Gasteiger partial charge on any atom is -0.465 e. The number of benzene rings is 2. The number of amides is 2. The third kappa shape index (κ3) is 5.51. The SMILES string of the molecule is CC(OC(=O)NCCCCCCNC(=O)O)c1ccc2c(c1)C(=O)c1ccccc1C2=O. The standard InChI is InChI=1S/C24H26N2O6/c1-15(32-24(31)26-13-7-3-2-6-12-25-23(29)30)16-10-11-19-20(14-16)22(28)18-9-5-4-8-17(18)21(19)27/h4-5,8-11,14-15,25H,2-3,6-7,12-13H2,1H3,(H,26,31)(H,29,30). The van der Waals surface area contributed by atoms with Crippen LogP contribution in [0.1, 0.15) is 76.1 Å². The highest BCUT2D eigenvalue weighted by Crippen LogP contribution is 2.30. The van der Waals surface area contributed by atoms with Crippen LogP contribution in [0, 0.1) is 0 Å². The molecule has 0 aromatic heterocycles. The molecule has 168 valence electrons. The molecule has 8 nitrogen and oxygen atoms in total. The lowest BCUT2D eigenvalue weighted by Gasteiger charge is -2.20. The van der Waals surface area contributed by atoms with Crippen molar-refractivity contribution >= 4 is 23.8 Å². The Morgan fingerprint density at radius 3 is 2.03 bits per heavy atom. The summed E-state index contributed by atoms with van der Waals surface area (Å²) in [6, 6.07) is 11.7. The van der Waals surface area contributed by atoms with E-state index in [2.05, 4.69) is 10.6 Å². The van der Waals surface area contributed by atoms with Gasteiger partial charge in [0.1, 0.15) is 6.10 Å². The molecule has 1 aliphatic rings. The van der Waals surface area contributed by atoms with Gasteiger partial charge in [0.05, 0.1) is 0 Å². The monoisotopic (exact) mass is 438 g/mol. The van der Waals surface area contributed by atoms with Crippen LogP contribution < -0.4 is 10.6 Å². The fourth-order valence-electron chi connectivity index (χ4n) is 3.63. The summed E-state index contributed by atoms with van der Waals surface area (Å²) in [6.45, 7) is 2.58. The average Bonchev–Trinajstić information content (AvgIpc) is 2.78. The lowest BCUT2D eigenvalue weighted by atomic mass is 9.83. The second-order valence-electron chi connectivity index (χ2n) is 7.63. The summed E-state index contributed by atoms with van der Waals surface area (Å²) in [6.07, 6.45) is 1.04. The molecule has 1 unspecified atom stereocenters. The molecule has 8 heteroatoms. The van der Waals surface area contributed by atoms with E-state index >= 15 is 0 Å². The summed E-state index contributed by atoms with van der Waals surface area (Å²) in [4.78, 5) is 48.0. The van der Waals surface area contributed by atoms with E-state index in [1.54, 1.807) is 49.4 Å². The van der Waals surface area contributed by atoms with Gasteiger partial charge in [-0.1, -0.05) is 43.2 Å². The van der Waals surface area contributed by atoms with Gasteiger partial charge in [-0.05, 0) is 37.5 Å². The summed E-state index contributed by atoms with van der Waals surface area (Å²) in [5.74, 6) is -0.404. The molecule has 0 spiro atoms. The predicted octanol–water partition coefficient (Wildman–Crippen LogP) is 4.08. The smallest absolute Gasteiger partial charge is 0.407 e. The van der Waals surface area contributed by atoms with Crippen molar-refractivity contribution in [2.24, 2.45) is 0 Å². The molecule has 2 aromatic rings. The average molecular weight is 438 g/mol. The fourth-order valence-corrected chi connectivity index (χ4v) is 3.63. The van der Waals surface area contributed by atoms with Crippen LogP contribution in [0.4, 0.5) is 9.59 Å². The molecule has 0 saturated heterocycles. The number of hydrogen-bond acceptors (Lipinski definition) is 5. The van der Waals surface area contributed by atoms with Crippen molar-refractivity contribution in [1.82, 2.24) is 10.6 Å². The molecule has 1 aliphatic carbocycles. The zero-order valence-electron chi connectivity index (χ0n) is 17.8. The number of ketones is 2. The van der Waals surface area contributed by atoms with E-state index in [1.165, 1.54) is 0 Å². The Balaban J connectivity index is 1.49. The fraction of sp³-hybridized carbons (Fsp3) is 0.333. The Morgan fingerprint density at radius 2 is 1.41 bits per heavy atom. The van der Waals surface area contributed by atoms with E-state index in [0.29, 0.717) is 40.9 Å². The molecule has 3 N–H and O–H groups in total. The van der Waals surface area contributed by atoms with Crippen LogP contribution in [-0.2, 0) is 4.74 Å². The molecule has 0 bridgehead atoms. The third-order valence-electron chi connectivity index (χ3n) is 5.35. The van der Waals surface area contributed by atoms with Crippen molar-refractivity contribution in [3.63, 3.8) is 0 Å². The van der Waals surface area contributed by atoms with Gasteiger partial charge in [0.25, 0.3) is 0 Å². The summed E-state index contributed by atoms with van der Waals surface area (Å²) in [5.41, 5.74) is 2.09. The Bertz CT molecular complexity index is 1030. The second kappa shape index (κ2) is 10.6. The first kappa shape index (κ1) is 23.0. The number of nitrogens with one attached hydrogen (secondary N) is 2. The van der Waals surface area contributed by atoms with Gasteiger partial charge in [0, 0.05) is 35.3 Å². The summed E-state index contributed by atoms with van der Waals surface area (Å²) in [7, 11) is 0. The van der Waals surface area contributed by atoms with Crippen LogP contribution in [0.2, 0.25) is 0 Å². The van der Waals surface area contributed by atoms with Gasteiger partial charge < -0.3 is 20.5 Å². The normalized spacial score (nSPS) is 13.0. The highest BCUT2D eigenvalue weighted by atomic mass is 16.6. The molecule has 1 atom stereocenters. The minimum absolute atomic E-state index is 0.188. The number of carbonyl (C=O) groups excluding carboxylic acids is 3. The van der Waals surface area contributed by atoms with Gasteiger partial charge >= 0.3 is 12.2 Å². The quantitative estimate of drug-likeness (QED) is 0.433. The van der Waals surface area contributed by atoms with E-state index < -0.39 is 18.3 Å². The van der Waals surface area contributed by atoms with Crippen LogP contribution in [0.5, 0.6) is 0 Å². The van der Waals surface area contributed by atoms with Crippen molar-refractivity contribution in [3.05, 3.63) is 70.3 Å². The molecule has 3 rings (SSSR count). The summed E-state index contributed by atoms with van der Waals surface area (Å²) in [5, 5.41) is 13.5. The van der Waals surface area contributed by atoms with E-state index in [9.17, 15) is 19.2 Å². The number of rotatable bonds is 9. The Labute approximate surface area is 186 Å². The number of fused-ring (bicyclic) bond motifs is 2. The van der Waals surface area contributed by atoms with Gasteiger partial charge in [-0.15, -0.1) is 0 Å². The first-order valence-corrected chi connectivity index (χ1v) is 10.6. The maximum Gasteiger partial charge on any atom is 0.407 e. The molecule has 0 heterocycles. The molecule has 32 heavy (non-hydrogen) atoms. The number of alkyl carbamates (subject to hydrolysis) is 1. The zero-order valence-corrected chi connectivity index (χ0v) is 17.8. The Hall–Kier alpha value is -3.68. The van der Waals surface area contributed by atoms with E-state index in [0.717, 1.165) is 25.7 Å². The molecule has 0 radical (unpaired) electrons. The maximum atomic E-state index is 12.8. The van der Waals surface area contributed by atoms with Gasteiger partial charge in [-0.2, -0.15) is 0 Å². The Kier molecular flexibility index (Phi) is 7.59. The van der Waals surface area contributed by atoms with Gasteiger partial charge in [-0.3, -0.25) is 9.59 Å². The zero-order chi connectivity index (χ0) is 23.1. The number of ether oxygens (including phenoxy) is 1. The van der Waals surface area contributed by atoms with Gasteiger partial charge in [0.15, 0.2) is 11.6 Å². The van der Waals surface area contributed by atoms with Crippen LogP contribution in [0.25, 0.3) is 0 Å². The predicted molar refractivity (Wildman–Crippen MR) is 117 cm³/mol. The molecular weight excluding hydrogens is 412 g/mol. The molecule has 0 fully saturated rings. The molecular formula is C24H26N2O6. The van der Waals surface area contributed by atoms with Crippen LogP contribution in [0.15, 0.2) is 42.5 Å². The molecule has 0 aliphatic heterocycles. The first-order valence-electron chi connectivity index (χ1n) is 10.6. The third-order valence-corrected chi connectivity index (χ3v) is 5.35. The minimum atomic E-state index is -1.02. The second-order valence-corrected chi connectivity index (χ2v) is 7.63. The number of hydrogen-bond donors (Lipinski definition) is 3. The Morgan fingerprint density at radius 1 is 0.844 bits per heavy atom. The van der Waals surface area contributed by atoms with Crippen molar-refractivity contribution in [2.75, 3.05) is 13.1 Å². The molecule has 2 aromatic carbocycles. The van der Waals surface area contributed by atoms with Gasteiger partial charge in [-0.25, -0.2) is 9.59 Å². The maximum absolute atomic E-state index is 12.8. The van der Waals surface area contributed by atoms with Crippen molar-refractivity contribution in [3.8, 4) is 0 Å². The summed E-state index contributed by atoms with van der Waals surface area (Å²) < 4.78 is 5.41. The first-order chi connectivity index (χ1) is 15.4.